The molecule has 1 amide bonds. The van der Waals surface area contributed by atoms with Gasteiger partial charge in [-0.05, 0) is 44.0 Å². The highest BCUT2D eigenvalue weighted by Gasteiger charge is 2.20. The molecule has 0 saturated heterocycles. The maximum Gasteiger partial charge on any atom is 0.277 e. The van der Waals surface area contributed by atoms with Crippen molar-refractivity contribution in [2.75, 3.05) is 5.32 Å². The van der Waals surface area contributed by atoms with E-state index in [4.69, 9.17) is 4.42 Å². The number of carbonyl (C=O) groups is 1. The fourth-order valence-electron chi connectivity index (χ4n) is 2.30. The van der Waals surface area contributed by atoms with Gasteiger partial charge in [-0.25, -0.2) is 0 Å². The predicted octanol–water partition coefficient (Wildman–Crippen LogP) is 3.87. The minimum atomic E-state index is -0.374. The van der Waals surface area contributed by atoms with Gasteiger partial charge in [0.1, 0.15) is 0 Å². The molecule has 0 bridgehead atoms. The van der Waals surface area contributed by atoms with E-state index >= 15 is 0 Å². The zero-order chi connectivity index (χ0) is 17.8. The van der Waals surface area contributed by atoms with Crippen LogP contribution >= 0.6 is 11.8 Å². The molecule has 0 unspecified atom stereocenters. The third-order valence-electron chi connectivity index (χ3n) is 3.69. The lowest BCUT2D eigenvalue weighted by molar-refractivity contribution is -0.115. The van der Waals surface area contributed by atoms with Crippen LogP contribution in [0.2, 0.25) is 0 Å². The molecule has 2 heterocycles. The van der Waals surface area contributed by atoms with Crippen LogP contribution in [0.15, 0.2) is 52.4 Å². The molecule has 1 atom stereocenters. The molecule has 1 N–H and O–H groups in total. The second-order valence-corrected chi connectivity index (χ2v) is 6.92. The predicted molar refractivity (Wildman–Crippen MR) is 97.4 cm³/mol. The summed E-state index contributed by atoms with van der Waals surface area (Å²) < 4.78 is 5.61. The van der Waals surface area contributed by atoms with Crippen LogP contribution in [0.25, 0.3) is 11.5 Å². The Balaban J connectivity index is 1.67. The molecule has 0 saturated carbocycles. The number of amides is 1. The third-order valence-corrected chi connectivity index (χ3v) is 4.63. The minimum absolute atomic E-state index is 0.108. The molecule has 2 aromatic heterocycles. The van der Waals surface area contributed by atoms with Crippen LogP contribution in [0, 0.1) is 13.8 Å². The highest BCUT2D eigenvalue weighted by atomic mass is 32.2. The molecule has 1 aromatic carbocycles. The van der Waals surface area contributed by atoms with Gasteiger partial charge in [-0.3, -0.25) is 9.78 Å². The highest BCUT2D eigenvalue weighted by molar-refractivity contribution is 8.00. The summed E-state index contributed by atoms with van der Waals surface area (Å²) in [6.45, 7) is 5.75. The number of para-hydroxylation sites is 1. The Bertz CT molecular complexity index is 860. The molecule has 0 fully saturated rings. The molecule has 25 heavy (non-hydrogen) atoms. The van der Waals surface area contributed by atoms with Crippen molar-refractivity contribution in [3.05, 3.63) is 53.9 Å². The van der Waals surface area contributed by atoms with Gasteiger partial charge in [-0.1, -0.05) is 30.0 Å². The first-order valence-corrected chi connectivity index (χ1v) is 8.70. The molecule has 0 aliphatic rings. The van der Waals surface area contributed by atoms with Gasteiger partial charge in [0, 0.05) is 18.1 Å². The Morgan fingerprint density at radius 2 is 1.92 bits per heavy atom. The topological polar surface area (TPSA) is 80.9 Å². The van der Waals surface area contributed by atoms with Gasteiger partial charge in [-0.2, -0.15) is 0 Å². The number of aromatic nitrogens is 3. The van der Waals surface area contributed by atoms with E-state index in [1.807, 2.05) is 45.0 Å². The van der Waals surface area contributed by atoms with Gasteiger partial charge >= 0.3 is 0 Å². The summed E-state index contributed by atoms with van der Waals surface area (Å²) in [7, 11) is 0. The molecule has 7 heteroatoms. The summed E-state index contributed by atoms with van der Waals surface area (Å²) in [5, 5.41) is 11.0. The van der Waals surface area contributed by atoms with E-state index in [9.17, 15) is 4.79 Å². The lowest BCUT2D eigenvalue weighted by atomic mass is 10.1. The van der Waals surface area contributed by atoms with Crippen molar-refractivity contribution >= 4 is 23.4 Å². The Hall–Kier alpha value is -2.67. The van der Waals surface area contributed by atoms with Crippen molar-refractivity contribution in [3.8, 4) is 11.5 Å². The number of carbonyl (C=O) groups excluding carboxylic acids is 1. The van der Waals surface area contributed by atoms with Crippen LogP contribution in [0.1, 0.15) is 18.1 Å². The number of aryl methyl sites for hydroxylation is 2. The van der Waals surface area contributed by atoms with Crippen LogP contribution in [-0.2, 0) is 4.79 Å². The van der Waals surface area contributed by atoms with Gasteiger partial charge in [0.15, 0.2) is 0 Å². The maximum absolute atomic E-state index is 12.5. The number of thioether (sulfide) groups is 1. The maximum atomic E-state index is 12.5. The van der Waals surface area contributed by atoms with Gasteiger partial charge in [-0.15, -0.1) is 10.2 Å². The van der Waals surface area contributed by atoms with Crippen LogP contribution in [-0.4, -0.2) is 26.3 Å². The quantitative estimate of drug-likeness (QED) is 0.701. The van der Waals surface area contributed by atoms with Crippen molar-refractivity contribution in [2.24, 2.45) is 0 Å². The number of nitrogens with zero attached hydrogens (tertiary/aromatic N) is 3. The molecular weight excluding hydrogens is 336 g/mol. The third kappa shape index (κ3) is 4.06. The van der Waals surface area contributed by atoms with Crippen molar-refractivity contribution in [1.82, 2.24) is 15.2 Å². The monoisotopic (exact) mass is 354 g/mol. The van der Waals surface area contributed by atoms with Crippen molar-refractivity contribution in [1.29, 1.82) is 0 Å². The van der Waals surface area contributed by atoms with Gasteiger partial charge in [0.2, 0.25) is 11.8 Å². The van der Waals surface area contributed by atoms with Crippen LogP contribution < -0.4 is 5.32 Å². The van der Waals surface area contributed by atoms with E-state index in [0.29, 0.717) is 11.1 Å². The SMILES string of the molecule is Cc1cccc(C)c1NC(=O)[C@H](C)Sc1nnc(-c2cccnc2)o1. The van der Waals surface area contributed by atoms with E-state index in [0.717, 1.165) is 22.4 Å². The minimum Gasteiger partial charge on any atom is -0.411 e. The fourth-order valence-corrected chi connectivity index (χ4v) is 2.99. The lowest BCUT2D eigenvalue weighted by Crippen LogP contribution is -2.23. The molecule has 3 aromatic rings. The summed E-state index contributed by atoms with van der Waals surface area (Å²) in [5.74, 6) is 0.279. The first-order chi connectivity index (χ1) is 12.0. The highest BCUT2D eigenvalue weighted by Crippen LogP contribution is 2.27. The summed E-state index contributed by atoms with van der Waals surface area (Å²) >= 11 is 1.23. The van der Waals surface area contributed by atoms with Crippen LogP contribution in [0.4, 0.5) is 5.69 Å². The number of benzene rings is 1. The largest absolute Gasteiger partial charge is 0.411 e. The lowest BCUT2D eigenvalue weighted by Gasteiger charge is -2.14. The average molecular weight is 354 g/mol. The van der Waals surface area contributed by atoms with E-state index in [2.05, 4.69) is 20.5 Å². The number of pyridine rings is 1. The summed E-state index contributed by atoms with van der Waals surface area (Å²) in [6, 6.07) is 9.55. The second kappa shape index (κ2) is 7.48. The smallest absolute Gasteiger partial charge is 0.277 e. The Kier molecular flexibility index (Phi) is 5.14. The Morgan fingerprint density at radius 3 is 2.60 bits per heavy atom. The van der Waals surface area contributed by atoms with E-state index in [1.54, 1.807) is 18.5 Å². The van der Waals surface area contributed by atoms with Gasteiger partial charge in [0.25, 0.3) is 5.22 Å². The van der Waals surface area contributed by atoms with E-state index < -0.39 is 0 Å². The molecule has 0 aliphatic heterocycles. The zero-order valence-electron chi connectivity index (χ0n) is 14.2. The summed E-state index contributed by atoms with van der Waals surface area (Å²) in [4.78, 5) is 16.5. The first kappa shape index (κ1) is 17.2. The van der Waals surface area contributed by atoms with E-state index in [1.165, 1.54) is 11.8 Å². The van der Waals surface area contributed by atoms with E-state index in [-0.39, 0.29) is 11.2 Å². The van der Waals surface area contributed by atoms with Crippen molar-refractivity contribution < 1.29 is 9.21 Å². The number of anilines is 1. The fraction of sp³-hybridized carbons (Fsp3) is 0.222. The average Bonchev–Trinajstić information content (AvgIpc) is 3.07. The van der Waals surface area contributed by atoms with Crippen LogP contribution in [0.3, 0.4) is 0 Å². The van der Waals surface area contributed by atoms with Crippen LogP contribution in [0.5, 0.6) is 0 Å². The first-order valence-electron chi connectivity index (χ1n) is 7.82. The number of hydrogen-bond donors (Lipinski definition) is 1. The molecule has 6 nitrogen and oxygen atoms in total. The number of rotatable bonds is 5. The summed E-state index contributed by atoms with van der Waals surface area (Å²) in [6.07, 6.45) is 3.33. The number of hydrogen-bond acceptors (Lipinski definition) is 6. The summed E-state index contributed by atoms with van der Waals surface area (Å²) in [5.41, 5.74) is 3.65. The molecule has 0 aliphatic carbocycles. The zero-order valence-corrected chi connectivity index (χ0v) is 15.0. The Morgan fingerprint density at radius 1 is 1.16 bits per heavy atom. The van der Waals surface area contributed by atoms with Crippen molar-refractivity contribution in [3.63, 3.8) is 0 Å². The molecule has 0 spiro atoms. The normalized spacial score (nSPS) is 12.0. The molecule has 0 radical (unpaired) electrons. The molecule has 3 rings (SSSR count). The second-order valence-electron chi connectivity index (χ2n) is 5.63. The molecular formula is C18H18N4O2S. The van der Waals surface area contributed by atoms with Crippen molar-refractivity contribution in [2.45, 2.75) is 31.2 Å². The van der Waals surface area contributed by atoms with Gasteiger partial charge < -0.3 is 9.73 Å². The number of nitrogens with one attached hydrogen (secondary N) is 1. The Labute approximate surface area is 150 Å². The molecule has 128 valence electrons. The van der Waals surface area contributed by atoms with Gasteiger partial charge in [0.05, 0.1) is 10.8 Å². The standard InChI is InChI=1S/C18H18N4O2S/c1-11-6-4-7-12(2)15(11)20-16(23)13(3)25-18-22-21-17(24-18)14-8-5-9-19-10-14/h4-10,13H,1-3H3,(H,20,23)/t13-/m0/s1.